The molecule has 0 bridgehead atoms. The zero-order valence-corrected chi connectivity index (χ0v) is 16.0. The first kappa shape index (κ1) is 19.0. The van der Waals surface area contributed by atoms with Gasteiger partial charge in [0.25, 0.3) is 0 Å². The third kappa shape index (κ3) is 6.28. The summed E-state index contributed by atoms with van der Waals surface area (Å²) in [6.45, 7) is 6.63. The Morgan fingerprint density at radius 2 is 1.95 bits per heavy atom. The molecule has 4 nitrogen and oxygen atoms in total. The van der Waals surface area contributed by atoms with Gasteiger partial charge in [-0.05, 0) is 46.8 Å². The minimum Gasteiger partial charge on any atom is -0.310 e. The highest BCUT2D eigenvalue weighted by Gasteiger charge is 2.20. The minimum absolute atomic E-state index is 0.102. The molecule has 0 saturated heterocycles. The molecule has 1 atom stereocenters. The van der Waals surface area contributed by atoms with Crippen molar-refractivity contribution in [2.24, 2.45) is 0 Å². The number of thioether (sulfide) groups is 1. The van der Waals surface area contributed by atoms with Crippen molar-refractivity contribution in [2.45, 2.75) is 44.3 Å². The molecule has 0 amide bonds. The highest BCUT2D eigenvalue weighted by Crippen LogP contribution is 2.23. The highest BCUT2D eigenvalue weighted by atomic mass is 79.9. The molecule has 21 heavy (non-hydrogen) atoms. The molecule has 2 N–H and O–H groups in total. The summed E-state index contributed by atoms with van der Waals surface area (Å²) in [6.07, 6.45) is 1.96. The predicted molar refractivity (Wildman–Crippen MR) is 94.3 cm³/mol. The van der Waals surface area contributed by atoms with Gasteiger partial charge in [0.15, 0.2) is 0 Å². The molecular formula is C14H23BrN2O2S2. The summed E-state index contributed by atoms with van der Waals surface area (Å²) in [6, 6.07) is 5.67. The normalized spacial score (nSPS) is 13.6. The van der Waals surface area contributed by atoms with E-state index in [0.717, 1.165) is 11.3 Å². The Kier molecular flexibility index (Phi) is 7.70. The maximum atomic E-state index is 12.5. The van der Waals surface area contributed by atoms with Crippen LogP contribution in [0.3, 0.4) is 0 Å². The van der Waals surface area contributed by atoms with E-state index in [4.69, 9.17) is 0 Å². The van der Waals surface area contributed by atoms with Crippen LogP contribution in [0.5, 0.6) is 0 Å². The van der Waals surface area contributed by atoms with Crippen molar-refractivity contribution >= 4 is 37.7 Å². The van der Waals surface area contributed by atoms with E-state index in [1.807, 2.05) is 19.2 Å². The third-order valence-corrected chi connectivity index (χ3v) is 6.19. The van der Waals surface area contributed by atoms with Gasteiger partial charge in [0.2, 0.25) is 10.0 Å². The molecular weight excluding hydrogens is 372 g/mol. The van der Waals surface area contributed by atoms with Crippen molar-refractivity contribution in [3.05, 3.63) is 28.2 Å². The Balaban J connectivity index is 2.96. The molecule has 0 aliphatic rings. The molecule has 0 saturated carbocycles. The number of rotatable bonds is 8. The van der Waals surface area contributed by atoms with Gasteiger partial charge in [-0.25, -0.2) is 13.1 Å². The monoisotopic (exact) mass is 394 g/mol. The molecule has 1 unspecified atom stereocenters. The van der Waals surface area contributed by atoms with Gasteiger partial charge in [0.1, 0.15) is 0 Å². The molecule has 7 heteroatoms. The maximum absolute atomic E-state index is 12.5. The van der Waals surface area contributed by atoms with E-state index in [9.17, 15) is 8.42 Å². The zero-order chi connectivity index (χ0) is 16.0. The van der Waals surface area contributed by atoms with E-state index in [1.54, 1.807) is 23.9 Å². The lowest BCUT2D eigenvalue weighted by Gasteiger charge is -2.15. The molecule has 0 radical (unpaired) electrons. The molecule has 1 aromatic rings. The van der Waals surface area contributed by atoms with Gasteiger partial charge >= 0.3 is 0 Å². The molecule has 1 aromatic carbocycles. The largest absolute Gasteiger partial charge is 0.310 e. The first-order chi connectivity index (χ1) is 9.76. The fourth-order valence-electron chi connectivity index (χ4n) is 1.80. The summed E-state index contributed by atoms with van der Waals surface area (Å²) in [5, 5.41) is 3.29. The molecule has 0 heterocycles. The fraction of sp³-hybridized carbons (Fsp3) is 0.571. The van der Waals surface area contributed by atoms with Crippen LogP contribution in [-0.2, 0) is 16.6 Å². The summed E-state index contributed by atoms with van der Waals surface area (Å²) in [5.41, 5.74) is 0.949. The van der Waals surface area contributed by atoms with Crippen LogP contribution in [0.2, 0.25) is 0 Å². The predicted octanol–water partition coefficient (Wildman–Crippen LogP) is 2.98. The van der Waals surface area contributed by atoms with Gasteiger partial charge < -0.3 is 5.32 Å². The van der Waals surface area contributed by atoms with Crippen molar-refractivity contribution < 1.29 is 8.42 Å². The Morgan fingerprint density at radius 3 is 2.52 bits per heavy atom. The van der Waals surface area contributed by atoms with E-state index >= 15 is 0 Å². The Labute approximate surface area is 140 Å². The second-order valence-corrected chi connectivity index (χ2v) is 8.73. The topological polar surface area (TPSA) is 58.2 Å². The first-order valence-electron chi connectivity index (χ1n) is 6.79. The number of hydrogen-bond donors (Lipinski definition) is 2. The molecule has 0 aliphatic heterocycles. The SMILES string of the molecule is CSCC(C)NS(=O)(=O)c1cc(CNC(C)C)ccc1Br. The van der Waals surface area contributed by atoms with Crippen molar-refractivity contribution in [3.8, 4) is 0 Å². The lowest BCUT2D eigenvalue weighted by atomic mass is 10.2. The standard InChI is InChI=1S/C14H23BrN2O2S2/c1-10(2)16-8-12-5-6-13(15)14(7-12)21(18,19)17-11(3)9-20-4/h5-7,10-11,16-17H,8-9H2,1-4H3. The number of halogens is 1. The van der Waals surface area contributed by atoms with E-state index in [0.29, 0.717) is 22.0 Å². The Morgan fingerprint density at radius 1 is 1.29 bits per heavy atom. The number of sulfonamides is 1. The number of nitrogens with one attached hydrogen (secondary N) is 2. The second-order valence-electron chi connectivity index (χ2n) is 5.28. The van der Waals surface area contributed by atoms with Gasteiger partial charge in [-0.15, -0.1) is 0 Å². The molecule has 1 rings (SSSR count). The lowest BCUT2D eigenvalue weighted by Crippen LogP contribution is -2.34. The first-order valence-corrected chi connectivity index (χ1v) is 10.5. The number of benzene rings is 1. The highest BCUT2D eigenvalue weighted by molar-refractivity contribution is 9.10. The third-order valence-electron chi connectivity index (χ3n) is 2.77. The summed E-state index contributed by atoms with van der Waals surface area (Å²) in [4.78, 5) is 0.290. The van der Waals surface area contributed by atoms with Gasteiger partial charge in [0, 0.05) is 28.9 Å². The maximum Gasteiger partial charge on any atom is 0.241 e. The van der Waals surface area contributed by atoms with Crippen LogP contribution in [0.25, 0.3) is 0 Å². The summed E-state index contributed by atoms with van der Waals surface area (Å²) < 4.78 is 28.2. The quantitative estimate of drug-likeness (QED) is 0.711. The van der Waals surface area contributed by atoms with Crippen LogP contribution >= 0.6 is 27.7 Å². The zero-order valence-electron chi connectivity index (χ0n) is 12.8. The summed E-state index contributed by atoms with van der Waals surface area (Å²) in [7, 11) is -3.51. The van der Waals surface area contributed by atoms with Gasteiger partial charge in [-0.2, -0.15) is 11.8 Å². The average Bonchev–Trinajstić information content (AvgIpc) is 2.37. The van der Waals surface area contributed by atoms with Gasteiger partial charge in [-0.1, -0.05) is 19.9 Å². The fourth-order valence-corrected chi connectivity index (χ4v) is 4.74. The van der Waals surface area contributed by atoms with Gasteiger partial charge in [-0.3, -0.25) is 0 Å². The molecule has 0 spiro atoms. The second kappa shape index (κ2) is 8.53. The van der Waals surface area contributed by atoms with E-state index in [2.05, 4.69) is 39.8 Å². The van der Waals surface area contributed by atoms with Crippen molar-refractivity contribution in [2.75, 3.05) is 12.0 Å². The van der Waals surface area contributed by atoms with Gasteiger partial charge in [0.05, 0.1) is 4.90 Å². The molecule has 0 aliphatic carbocycles. The van der Waals surface area contributed by atoms with Crippen LogP contribution < -0.4 is 10.0 Å². The summed E-state index contributed by atoms with van der Waals surface area (Å²) >= 11 is 4.95. The van der Waals surface area contributed by atoms with Crippen LogP contribution in [0, 0.1) is 0 Å². The van der Waals surface area contributed by atoms with Crippen molar-refractivity contribution in [1.29, 1.82) is 0 Å². The van der Waals surface area contributed by atoms with E-state index in [-0.39, 0.29) is 6.04 Å². The van der Waals surface area contributed by atoms with Crippen LogP contribution in [0.1, 0.15) is 26.3 Å². The number of hydrogen-bond acceptors (Lipinski definition) is 4. The smallest absolute Gasteiger partial charge is 0.241 e. The van der Waals surface area contributed by atoms with Crippen LogP contribution in [0.15, 0.2) is 27.6 Å². The molecule has 0 fully saturated rings. The minimum atomic E-state index is -3.51. The Bertz CT molecular complexity index is 562. The average molecular weight is 395 g/mol. The summed E-state index contributed by atoms with van der Waals surface area (Å²) in [5.74, 6) is 0.742. The Hall–Kier alpha value is -0.0800. The van der Waals surface area contributed by atoms with Crippen molar-refractivity contribution in [1.82, 2.24) is 10.0 Å². The molecule has 120 valence electrons. The van der Waals surface area contributed by atoms with Crippen LogP contribution in [0.4, 0.5) is 0 Å². The van der Waals surface area contributed by atoms with Crippen LogP contribution in [-0.4, -0.2) is 32.5 Å². The lowest BCUT2D eigenvalue weighted by molar-refractivity contribution is 0.569. The van der Waals surface area contributed by atoms with Crippen molar-refractivity contribution in [3.63, 3.8) is 0 Å². The van der Waals surface area contributed by atoms with E-state index < -0.39 is 10.0 Å². The van der Waals surface area contributed by atoms with E-state index in [1.165, 1.54) is 0 Å². The molecule has 0 aromatic heterocycles.